The maximum Gasteiger partial charge on any atom is 0.198 e. The number of anilines is 2. The van der Waals surface area contributed by atoms with Crippen LogP contribution in [0.25, 0.3) is 0 Å². The Labute approximate surface area is 128 Å². The molecule has 1 aliphatic heterocycles. The fourth-order valence-electron chi connectivity index (χ4n) is 2.16. The zero-order valence-electron chi connectivity index (χ0n) is 11.2. The van der Waals surface area contributed by atoms with Gasteiger partial charge in [0.05, 0.1) is 10.7 Å². The summed E-state index contributed by atoms with van der Waals surface area (Å²) >= 11 is 12.3. The van der Waals surface area contributed by atoms with Gasteiger partial charge in [-0.1, -0.05) is 23.2 Å². The topological polar surface area (TPSA) is 24.5 Å². The Morgan fingerprint density at radius 2 is 1.90 bits per heavy atom. The summed E-state index contributed by atoms with van der Waals surface area (Å²) in [5, 5.41) is 4.63. The van der Waals surface area contributed by atoms with Crippen molar-refractivity contribution in [3.8, 4) is 5.75 Å². The number of hydrogen-bond acceptors (Lipinski definition) is 3. The number of hydrogen-bond donors (Lipinski definition) is 1. The van der Waals surface area contributed by atoms with Gasteiger partial charge in [0, 0.05) is 30.4 Å². The number of benzene rings is 2. The number of rotatable bonds is 2. The van der Waals surface area contributed by atoms with Crippen molar-refractivity contribution < 1.29 is 4.74 Å². The van der Waals surface area contributed by atoms with Crippen LogP contribution < -0.4 is 15.0 Å². The van der Waals surface area contributed by atoms with Crippen molar-refractivity contribution >= 4 is 34.6 Å². The first kappa shape index (κ1) is 13.4. The van der Waals surface area contributed by atoms with E-state index in [1.165, 1.54) is 0 Å². The van der Waals surface area contributed by atoms with Gasteiger partial charge in [0.1, 0.15) is 5.75 Å². The fraction of sp³-hybridized carbons (Fsp3) is 0.200. The Morgan fingerprint density at radius 1 is 1.10 bits per heavy atom. The Kier molecular flexibility index (Phi) is 3.40. The van der Waals surface area contributed by atoms with Gasteiger partial charge in [-0.2, -0.15) is 0 Å². The van der Waals surface area contributed by atoms with Gasteiger partial charge in [0.15, 0.2) is 6.23 Å². The average molecular weight is 309 g/mol. The monoisotopic (exact) mass is 308 g/mol. The minimum Gasteiger partial charge on any atom is -0.464 e. The summed E-state index contributed by atoms with van der Waals surface area (Å²) in [6.45, 7) is 0. The van der Waals surface area contributed by atoms with Crippen LogP contribution in [0, 0.1) is 0 Å². The largest absolute Gasteiger partial charge is 0.464 e. The molecule has 3 rings (SSSR count). The first-order chi connectivity index (χ1) is 9.54. The molecule has 0 aliphatic carbocycles. The van der Waals surface area contributed by atoms with Gasteiger partial charge in [-0.05, 0) is 36.4 Å². The van der Waals surface area contributed by atoms with Gasteiger partial charge in [-0.25, -0.2) is 0 Å². The van der Waals surface area contributed by atoms with E-state index in [4.69, 9.17) is 27.9 Å². The molecule has 0 radical (unpaired) electrons. The average Bonchev–Trinajstić information content (AvgIpc) is 2.80. The van der Waals surface area contributed by atoms with Gasteiger partial charge in [-0.3, -0.25) is 0 Å². The molecule has 1 aliphatic rings. The van der Waals surface area contributed by atoms with Gasteiger partial charge in [0.25, 0.3) is 0 Å². The van der Waals surface area contributed by atoms with E-state index in [1.807, 2.05) is 49.3 Å². The quantitative estimate of drug-likeness (QED) is 0.880. The number of halogens is 2. The summed E-state index contributed by atoms with van der Waals surface area (Å²) < 4.78 is 5.86. The van der Waals surface area contributed by atoms with Crippen molar-refractivity contribution in [2.24, 2.45) is 0 Å². The van der Waals surface area contributed by atoms with Crippen molar-refractivity contribution in [1.82, 2.24) is 0 Å². The van der Waals surface area contributed by atoms with Crippen molar-refractivity contribution in [3.05, 3.63) is 52.0 Å². The molecule has 2 aromatic rings. The summed E-state index contributed by atoms with van der Waals surface area (Å²) in [5.41, 5.74) is 2.84. The molecule has 0 aromatic heterocycles. The van der Waals surface area contributed by atoms with Crippen molar-refractivity contribution in [2.75, 3.05) is 24.3 Å². The van der Waals surface area contributed by atoms with Crippen LogP contribution in [0.1, 0.15) is 11.8 Å². The highest BCUT2D eigenvalue weighted by Crippen LogP contribution is 2.41. The van der Waals surface area contributed by atoms with Gasteiger partial charge in [-0.15, -0.1) is 0 Å². The zero-order valence-corrected chi connectivity index (χ0v) is 12.7. The summed E-state index contributed by atoms with van der Waals surface area (Å²) in [4.78, 5) is 2.01. The highest BCUT2D eigenvalue weighted by molar-refractivity contribution is 6.32. The Balaban J connectivity index is 1.89. The molecule has 20 heavy (non-hydrogen) atoms. The lowest BCUT2D eigenvalue weighted by Crippen LogP contribution is -2.12. The number of nitrogens with zero attached hydrogens (tertiary/aromatic N) is 1. The van der Waals surface area contributed by atoms with Gasteiger partial charge < -0.3 is 15.0 Å². The standard InChI is InChI=1S/C15H14Cl2N2O/c1-19(2)10-4-5-11(12(17)8-10)15-18-13-7-9(16)3-6-14(13)20-15/h3-8,15,18H,1-2H3/t15-/m1/s1. The van der Waals surface area contributed by atoms with E-state index in [9.17, 15) is 0 Å². The molecule has 104 valence electrons. The lowest BCUT2D eigenvalue weighted by atomic mass is 10.1. The molecule has 2 aromatic carbocycles. The van der Waals surface area contributed by atoms with E-state index in [0.717, 1.165) is 22.7 Å². The maximum atomic E-state index is 6.35. The first-order valence-corrected chi connectivity index (χ1v) is 7.00. The van der Waals surface area contributed by atoms with Gasteiger partial charge in [0.2, 0.25) is 0 Å². The first-order valence-electron chi connectivity index (χ1n) is 6.24. The maximum absolute atomic E-state index is 6.35. The number of ether oxygens (including phenoxy) is 1. The lowest BCUT2D eigenvalue weighted by Gasteiger charge is -2.17. The zero-order chi connectivity index (χ0) is 14.3. The second-order valence-corrected chi connectivity index (χ2v) is 5.73. The predicted octanol–water partition coefficient (Wildman–Crippen LogP) is 4.56. The predicted molar refractivity (Wildman–Crippen MR) is 84.2 cm³/mol. The summed E-state index contributed by atoms with van der Waals surface area (Å²) in [6, 6.07) is 11.4. The molecule has 5 heteroatoms. The van der Waals surface area contributed by atoms with Crippen molar-refractivity contribution in [2.45, 2.75) is 6.23 Å². The lowest BCUT2D eigenvalue weighted by molar-refractivity contribution is 0.260. The second kappa shape index (κ2) is 5.08. The molecule has 1 N–H and O–H groups in total. The number of nitrogens with one attached hydrogen (secondary N) is 1. The molecule has 1 heterocycles. The smallest absolute Gasteiger partial charge is 0.198 e. The van der Waals surface area contributed by atoms with E-state index in [2.05, 4.69) is 5.32 Å². The number of fused-ring (bicyclic) bond motifs is 1. The molecule has 1 atom stereocenters. The molecule has 3 nitrogen and oxygen atoms in total. The highest BCUT2D eigenvalue weighted by Gasteiger charge is 2.25. The van der Waals surface area contributed by atoms with Crippen LogP contribution in [0.3, 0.4) is 0 Å². The third-order valence-corrected chi connectivity index (χ3v) is 3.82. The van der Waals surface area contributed by atoms with Crippen LogP contribution >= 0.6 is 23.2 Å². The molecule has 0 saturated carbocycles. The molecular formula is C15H14Cl2N2O. The third kappa shape index (κ3) is 2.39. The van der Waals surface area contributed by atoms with Gasteiger partial charge >= 0.3 is 0 Å². The van der Waals surface area contributed by atoms with Crippen LogP contribution in [0.4, 0.5) is 11.4 Å². The van der Waals surface area contributed by atoms with E-state index in [-0.39, 0.29) is 6.23 Å². The Bertz CT molecular complexity index is 658. The molecule has 0 spiro atoms. The molecule has 0 amide bonds. The van der Waals surface area contributed by atoms with Crippen LogP contribution in [0.5, 0.6) is 5.75 Å². The van der Waals surface area contributed by atoms with E-state index in [1.54, 1.807) is 6.07 Å². The highest BCUT2D eigenvalue weighted by atomic mass is 35.5. The fourth-order valence-corrected chi connectivity index (χ4v) is 2.61. The molecule has 0 unspecified atom stereocenters. The molecular weight excluding hydrogens is 295 g/mol. The second-order valence-electron chi connectivity index (χ2n) is 4.88. The minimum atomic E-state index is -0.285. The third-order valence-electron chi connectivity index (χ3n) is 3.26. The molecule has 0 fully saturated rings. The van der Waals surface area contributed by atoms with Crippen molar-refractivity contribution in [3.63, 3.8) is 0 Å². The van der Waals surface area contributed by atoms with Crippen LogP contribution in [0.15, 0.2) is 36.4 Å². The summed E-state index contributed by atoms with van der Waals surface area (Å²) in [7, 11) is 3.96. The van der Waals surface area contributed by atoms with E-state index >= 15 is 0 Å². The minimum absolute atomic E-state index is 0.285. The Morgan fingerprint density at radius 3 is 2.60 bits per heavy atom. The normalized spacial score (nSPS) is 16.3. The van der Waals surface area contributed by atoms with E-state index < -0.39 is 0 Å². The molecule has 0 bridgehead atoms. The van der Waals surface area contributed by atoms with E-state index in [0.29, 0.717) is 10.0 Å². The summed E-state index contributed by atoms with van der Waals surface area (Å²) in [5.74, 6) is 0.784. The SMILES string of the molecule is CN(C)c1ccc([C@@H]2Nc3cc(Cl)ccc3O2)c(Cl)c1. The van der Waals surface area contributed by atoms with Crippen LogP contribution in [0.2, 0.25) is 10.0 Å². The molecule has 0 saturated heterocycles. The Hall–Kier alpha value is -1.58. The summed E-state index contributed by atoms with van der Waals surface area (Å²) in [6.07, 6.45) is -0.285. The van der Waals surface area contributed by atoms with Crippen molar-refractivity contribution in [1.29, 1.82) is 0 Å². The van der Waals surface area contributed by atoms with Crippen LogP contribution in [-0.4, -0.2) is 14.1 Å². The van der Waals surface area contributed by atoms with Crippen LogP contribution in [-0.2, 0) is 0 Å².